The molecule has 1 aliphatic heterocycles. The second-order valence-electron chi connectivity index (χ2n) is 7.29. The molecule has 1 aliphatic rings. The number of piperazine rings is 1. The molecule has 1 fully saturated rings. The number of carbonyl (C=O) groups is 1. The SMILES string of the molecule is Cc1nc(COc2ccc(C(=O)N3CCN(S(=O)(=O)c4sc(=O)[nH]c4C)CC3)cc2)cs1. The molecule has 3 aromatic rings. The number of amides is 1. The number of aryl methyl sites for hydroxylation is 2. The number of sulfonamides is 1. The lowest BCUT2D eigenvalue weighted by molar-refractivity contribution is 0.0698. The second-order valence-corrected chi connectivity index (χ2v) is 11.5. The van der Waals surface area contributed by atoms with Crippen molar-refractivity contribution in [3.8, 4) is 5.75 Å². The van der Waals surface area contributed by atoms with E-state index in [4.69, 9.17) is 4.74 Å². The van der Waals surface area contributed by atoms with E-state index < -0.39 is 14.9 Å². The third-order valence-electron chi connectivity index (χ3n) is 5.04. The fraction of sp³-hybridized carbons (Fsp3) is 0.350. The van der Waals surface area contributed by atoms with Gasteiger partial charge < -0.3 is 14.6 Å². The van der Waals surface area contributed by atoms with E-state index in [1.54, 1.807) is 47.4 Å². The van der Waals surface area contributed by atoms with E-state index in [2.05, 4.69) is 9.97 Å². The Kier molecular flexibility index (Phi) is 6.47. The highest BCUT2D eigenvalue weighted by atomic mass is 32.2. The Bertz CT molecular complexity index is 1270. The summed E-state index contributed by atoms with van der Waals surface area (Å²) in [5.41, 5.74) is 1.71. The molecule has 12 heteroatoms. The van der Waals surface area contributed by atoms with Crippen molar-refractivity contribution in [2.75, 3.05) is 26.2 Å². The molecular formula is C20H22N4O5S3. The molecule has 0 bridgehead atoms. The molecule has 1 N–H and O–H groups in total. The first-order chi connectivity index (χ1) is 15.2. The van der Waals surface area contributed by atoms with Crippen LogP contribution in [0, 0.1) is 13.8 Å². The standard InChI is InChI=1S/C20H22N4O5S3/c1-13-19(31-20(26)21-13)32(27,28)24-9-7-23(8-10-24)18(25)15-3-5-17(6-4-15)29-11-16-12-30-14(2)22-16/h3-6,12H,7-11H2,1-2H3,(H,21,26). The molecule has 0 saturated carbocycles. The van der Waals surface area contributed by atoms with Crippen LogP contribution in [0.15, 0.2) is 38.6 Å². The first kappa shape index (κ1) is 22.6. The van der Waals surface area contributed by atoms with E-state index in [1.165, 1.54) is 4.31 Å². The molecule has 1 saturated heterocycles. The molecule has 0 aliphatic carbocycles. The third kappa shape index (κ3) is 4.77. The average molecular weight is 495 g/mol. The molecule has 0 spiro atoms. The van der Waals surface area contributed by atoms with Gasteiger partial charge in [0.1, 0.15) is 12.4 Å². The van der Waals surface area contributed by atoms with Crippen LogP contribution in [0.3, 0.4) is 0 Å². The van der Waals surface area contributed by atoms with Crippen molar-refractivity contribution in [2.45, 2.75) is 24.7 Å². The largest absolute Gasteiger partial charge is 0.487 e. The van der Waals surface area contributed by atoms with Crippen molar-refractivity contribution < 1.29 is 17.9 Å². The quantitative estimate of drug-likeness (QED) is 0.562. The van der Waals surface area contributed by atoms with Gasteiger partial charge in [-0.05, 0) is 38.1 Å². The number of hydrogen-bond acceptors (Lipinski definition) is 8. The summed E-state index contributed by atoms with van der Waals surface area (Å²) >= 11 is 2.25. The molecule has 2 aromatic heterocycles. The number of aromatic nitrogens is 2. The molecule has 170 valence electrons. The first-order valence-electron chi connectivity index (χ1n) is 9.87. The van der Waals surface area contributed by atoms with Crippen LogP contribution in [-0.4, -0.2) is 59.7 Å². The van der Waals surface area contributed by atoms with Crippen LogP contribution in [-0.2, 0) is 16.6 Å². The average Bonchev–Trinajstić information content (AvgIpc) is 3.36. The number of H-pyrrole nitrogens is 1. The first-order valence-corrected chi connectivity index (χ1v) is 13.0. The maximum atomic E-state index is 12.8. The highest BCUT2D eigenvalue weighted by molar-refractivity contribution is 7.91. The van der Waals surface area contributed by atoms with Gasteiger partial charge in [0.15, 0.2) is 4.21 Å². The summed E-state index contributed by atoms with van der Waals surface area (Å²) in [7, 11) is -3.76. The van der Waals surface area contributed by atoms with Gasteiger partial charge in [0, 0.05) is 42.8 Å². The molecule has 9 nitrogen and oxygen atoms in total. The monoisotopic (exact) mass is 494 g/mol. The second kappa shape index (κ2) is 9.14. The lowest BCUT2D eigenvalue weighted by Crippen LogP contribution is -2.50. The topological polar surface area (TPSA) is 113 Å². The predicted molar refractivity (Wildman–Crippen MR) is 122 cm³/mol. The lowest BCUT2D eigenvalue weighted by atomic mass is 10.2. The summed E-state index contributed by atoms with van der Waals surface area (Å²) in [6.45, 7) is 4.77. The number of benzene rings is 1. The summed E-state index contributed by atoms with van der Waals surface area (Å²) in [4.78, 5) is 32.4. The molecule has 0 atom stereocenters. The minimum absolute atomic E-state index is 0.0330. The van der Waals surface area contributed by atoms with Crippen LogP contribution in [0.4, 0.5) is 0 Å². The molecule has 1 amide bonds. The van der Waals surface area contributed by atoms with Gasteiger partial charge in [0.05, 0.1) is 10.7 Å². The van der Waals surface area contributed by atoms with Gasteiger partial charge in [-0.3, -0.25) is 9.59 Å². The summed E-state index contributed by atoms with van der Waals surface area (Å²) < 4.78 is 32.7. The van der Waals surface area contributed by atoms with Crippen LogP contribution in [0.1, 0.15) is 26.8 Å². The fourth-order valence-electron chi connectivity index (χ4n) is 3.39. The third-order valence-corrected chi connectivity index (χ3v) is 9.34. The Hall–Kier alpha value is -2.54. The van der Waals surface area contributed by atoms with Gasteiger partial charge in [-0.25, -0.2) is 13.4 Å². The lowest BCUT2D eigenvalue weighted by Gasteiger charge is -2.33. The van der Waals surface area contributed by atoms with Crippen LogP contribution >= 0.6 is 22.7 Å². The number of ether oxygens (including phenoxy) is 1. The van der Waals surface area contributed by atoms with Gasteiger partial charge in [0.25, 0.3) is 15.9 Å². The zero-order valence-corrected chi connectivity index (χ0v) is 20.0. The zero-order chi connectivity index (χ0) is 22.9. The van der Waals surface area contributed by atoms with E-state index in [-0.39, 0.29) is 36.3 Å². The molecule has 0 unspecified atom stereocenters. The molecular weight excluding hydrogens is 472 g/mol. The molecule has 0 radical (unpaired) electrons. The molecule has 4 rings (SSSR count). The Morgan fingerprint density at radius 1 is 1.16 bits per heavy atom. The van der Waals surface area contributed by atoms with E-state index in [0.717, 1.165) is 10.7 Å². The van der Waals surface area contributed by atoms with Crippen molar-refractivity contribution in [3.05, 3.63) is 61.3 Å². The number of nitrogens with zero attached hydrogens (tertiary/aromatic N) is 3. The number of hydrogen-bond donors (Lipinski definition) is 1. The molecule has 1 aromatic carbocycles. The maximum absolute atomic E-state index is 12.8. The smallest absolute Gasteiger partial charge is 0.305 e. The van der Waals surface area contributed by atoms with E-state index in [9.17, 15) is 18.0 Å². The summed E-state index contributed by atoms with van der Waals surface area (Å²) in [6, 6.07) is 6.88. The predicted octanol–water partition coefficient (Wildman–Crippen LogP) is 2.24. The van der Waals surface area contributed by atoms with Crippen LogP contribution < -0.4 is 9.61 Å². The van der Waals surface area contributed by atoms with E-state index >= 15 is 0 Å². The number of aromatic amines is 1. The normalized spacial score (nSPS) is 15.1. The Morgan fingerprint density at radius 3 is 2.41 bits per heavy atom. The summed E-state index contributed by atoms with van der Waals surface area (Å²) in [6.07, 6.45) is 0. The van der Waals surface area contributed by atoms with E-state index in [1.807, 2.05) is 12.3 Å². The van der Waals surface area contributed by atoms with Crippen LogP contribution in [0.5, 0.6) is 5.75 Å². The minimum Gasteiger partial charge on any atom is -0.487 e. The Balaban J connectivity index is 1.35. The number of thiazole rings is 2. The minimum atomic E-state index is -3.76. The summed E-state index contributed by atoms with van der Waals surface area (Å²) in [5.74, 6) is 0.482. The number of nitrogens with one attached hydrogen (secondary N) is 1. The van der Waals surface area contributed by atoms with Gasteiger partial charge in [-0.2, -0.15) is 4.31 Å². The zero-order valence-electron chi connectivity index (χ0n) is 17.5. The van der Waals surface area contributed by atoms with Crippen molar-refractivity contribution >= 4 is 38.6 Å². The van der Waals surface area contributed by atoms with Gasteiger partial charge in [-0.1, -0.05) is 11.3 Å². The van der Waals surface area contributed by atoms with Crippen molar-refractivity contribution in [2.24, 2.45) is 0 Å². The van der Waals surface area contributed by atoms with Crippen LogP contribution in [0.25, 0.3) is 0 Å². The van der Waals surface area contributed by atoms with Gasteiger partial charge in [-0.15, -0.1) is 11.3 Å². The van der Waals surface area contributed by atoms with Crippen LogP contribution in [0.2, 0.25) is 0 Å². The van der Waals surface area contributed by atoms with Crippen molar-refractivity contribution in [3.63, 3.8) is 0 Å². The van der Waals surface area contributed by atoms with Gasteiger partial charge >= 0.3 is 4.87 Å². The molecule has 3 heterocycles. The highest BCUT2D eigenvalue weighted by Crippen LogP contribution is 2.23. The maximum Gasteiger partial charge on any atom is 0.305 e. The molecule has 32 heavy (non-hydrogen) atoms. The van der Waals surface area contributed by atoms with Crippen molar-refractivity contribution in [1.29, 1.82) is 0 Å². The Morgan fingerprint density at radius 2 is 1.84 bits per heavy atom. The van der Waals surface area contributed by atoms with Crippen molar-refractivity contribution in [1.82, 2.24) is 19.2 Å². The van der Waals surface area contributed by atoms with E-state index in [0.29, 0.717) is 35.0 Å². The number of carbonyl (C=O) groups excluding carboxylic acids is 1. The number of rotatable bonds is 6. The summed E-state index contributed by atoms with van der Waals surface area (Å²) in [5, 5.41) is 2.93. The Labute approximate surface area is 193 Å². The van der Waals surface area contributed by atoms with Gasteiger partial charge in [0.2, 0.25) is 0 Å². The highest BCUT2D eigenvalue weighted by Gasteiger charge is 2.32. The fourth-order valence-corrected chi connectivity index (χ4v) is 6.85.